The number of anilines is 3. The zero-order chi connectivity index (χ0) is 24.5. The van der Waals surface area contributed by atoms with Crippen molar-refractivity contribution in [3.05, 3.63) is 65.6 Å². The average Bonchev–Trinajstić information content (AvgIpc) is 3.21. The quantitative estimate of drug-likeness (QED) is 0.459. The van der Waals surface area contributed by atoms with E-state index in [0.29, 0.717) is 5.95 Å². The Labute approximate surface area is 210 Å². The Kier molecular flexibility index (Phi) is 6.06. The minimum absolute atomic E-state index is 0.604. The molecule has 36 heavy (non-hydrogen) atoms. The summed E-state index contributed by atoms with van der Waals surface area (Å²) < 4.78 is 1.93. The molecule has 0 unspecified atom stereocenters. The maximum atomic E-state index is 4.91. The Balaban J connectivity index is 1.23. The van der Waals surface area contributed by atoms with Gasteiger partial charge in [-0.15, -0.1) is 5.10 Å². The van der Waals surface area contributed by atoms with Gasteiger partial charge in [0.25, 0.3) is 0 Å². The fourth-order valence-corrected chi connectivity index (χ4v) is 4.97. The van der Waals surface area contributed by atoms with E-state index >= 15 is 0 Å². The lowest BCUT2D eigenvalue weighted by molar-refractivity contribution is 0.312. The van der Waals surface area contributed by atoms with Gasteiger partial charge >= 0.3 is 0 Å². The number of pyridine rings is 1. The van der Waals surface area contributed by atoms with Crippen LogP contribution in [-0.2, 0) is 13.0 Å². The van der Waals surface area contributed by atoms with Gasteiger partial charge in [-0.3, -0.25) is 0 Å². The molecule has 0 radical (unpaired) electrons. The molecule has 0 saturated carbocycles. The van der Waals surface area contributed by atoms with Crippen LogP contribution >= 0.6 is 0 Å². The van der Waals surface area contributed by atoms with Gasteiger partial charge in [0.1, 0.15) is 11.3 Å². The Morgan fingerprint density at radius 1 is 1.00 bits per heavy atom. The van der Waals surface area contributed by atoms with E-state index in [9.17, 15) is 0 Å². The molecule has 1 saturated heterocycles. The second-order valence-electron chi connectivity index (χ2n) is 9.49. The number of piperazine rings is 1. The van der Waals surface area contributed by atoms with Crippen LogP contribution in [0.15, 0.2) is 48.8 Å². The molecular formula is C27H31N9. The molecule has 1 aliphatic carbocycles. The molecule has 0 spiro atoms. The van der Waals surface area contributed by atoms with Gasteiger partial charge in [-0.05, 0) is 68.6 Å². The smallest absolute Gasteiger partial charge is 0.227 e. The first-order valence-corrected chi connectivity index (χ1v) is 12.7. The predicted octanol–water partition coefficient (Wildman–Crippen LogP) is 3.90. The third kappa shape index (κ3) is 4.42. The standard InChI is InChI=1S/C27H31N9/c1-3-36-25-16-19(8-10-24(25)32-33-36)21-6-4-5-7-23-22(21)18-29-27(31-23)30-20-9-11-26(28-17-20)35-14-12-34(2)13-15-35/h6,8-11,16-18H,3-5,7,12-15H2,1-2H3,(H,29,30,31). The second kappa shape index (κ2) is 9.66. The van der Waals surface area contributed by atoms with Crippen LogP contribution in [-0.4, -0.2) is 68.1 Å². The van der Waals surface area contributed by atoms with Crippen molar-refractivity contribution >= 4 is 34.1 Å². The summed E-state index contributed by atoms with van der Waals surface area (Å²) in [6, 6.07) is 10.5. The molecule has 9 heteroatoms. The molecular weight excluding hydrogens is 450 g/mol. The average molecular weight is 482 g/mol. The minimum atomic E-state index is 0.604. The zero-order valence-electron chi connectivity index (χ0n) is 20.9. The number of aryl methyl sites for hydroxylation is 2. The summed E-state index contributed by atoms with van der Waals surface area (Å²) in [5.74, 6) is 1.62. The number of benzene rings is 1. The lowest BCUT2D eigenvalue weighted by atomic mass is 9.97. The first-order valence-electron chi connectivity index (χ1n) is 12.7. The SMILES string of the molecule is CCn1nnc2ccc(C3=CCCCc4nc(Nc5ccc(N6CCN(C)CC6)nc5)ncc43)cc21. The van der Waals surface area contributed by atoms with Crippen molar-refractivity contribution in [1.82, 2.24) is 34.8 Å². The van der Waals surface area contributed by atoms with E-state index in [-0.39, 0.29) is 0 Å². The van der Waals surface area contributed by atoms with Gasteiger partial charge in [-0.25, -0.2) is 19.6 Å². The van der Waals surface area contributed by atoms with Gasteiger partial charge in [0.05, 0.1) is 23.1 Å². The van der Waals surface area contributed by atoms with Crippen LogP contribution in [0.4, 0.5) is 17.5 Å². The summed E-state index contributed by atoms with van der Waals surface area (Å²) in [4.78, 5) is 18.9. The van der Waals surface area contributed by atoms with Crippen LogP contribution < -0.4 is 10.2 Å². The van der Waals surface area contributed by atoms with Crippen LogP contribution in [0.25, 0.3) is 16.6 Å². The molecule has 6 rings (SSSR count). The van der Waals surface area contributed by atoms with Crippen molar-refractivity contribution in [2.75, 3.05) is 43.4 Å². The largest absolute Gasteiger partial charge is 0.354 e. The molecule has 0 atom stereocenters. The highest BCUT2D eigenvalue weighted by atomic mass is 15.4. The van der Waals surface area contributed by atoms with Gasteiger partial charge in [0.2, 0.25) is 5.95 Å². The molecule has 0 amide bonds. The number of aromatic nitrogens is 6. The molecule has 1 fully saturated rings. The van der Waals surface area contributed by atoms with E-state index in [0.717, 1.165) is 91.3 Å². The summed E-state index contributed by atoms with van der Waals surface area (Å²) in [6.45, 7) is 7.01. The van der Waals surface area contributed by atoms with Crippen LogP contribution in [0.1, 0.15) is 36.6 Å². The Hall–Kier alpha value is -3.85. The second-order valence-corrected chi connectivity index (χ2v) is 9.49. The van der Waals surface area contributed by atoms with E-state index in [1.165, 1.54) is 5.57 Å². The van der Waals surface area contributed by atoms with Gasteiger partial charge in [0, 0.05) is 44.5 Å². The number of fused-ring (bicyclic) bond motifs is 2. The molecule has 4 aromatic rings. The van der Waals surface area contributed by atoms with Crippen molar-refractivity contribution < 1.29 is 0 Å². The summed E-state index contributed by atoms with van der Waals surface area (Å²) in [6.07, 6.45) is 9.12. The summed E-state index contributed by atoms with van der Waals surface area (Å²) in [5, 5.41) is 11.9. The molecule has 2 aliphatic rings. The molecule has 4 heterocycles. The molecule has 1 aliphatic heterocycles. The maximum Gasteiger partial charge on any atom is 0.227 e. The number of hydrogen-bond donors (Lipinski definition) is 1. The first-order chi connectivity index (χ1) is 17.7. The van der Waals surface area contributed by atoms with Crippen molar-refractivity contribution in [3.63, 3.8) is 0 Å². The fraction of sp³-hybridized carbons (Fsp3) is 0.370. The summed E-state index contributed by atoms with van der Waals surface area (Å²) in [7, 11) is 2.16. The Morgan fingerprint density at radius 2 is 1.89 bits per heavy atom. The third-order valence-corrected chi connectivity index (χ3v) is 7.08. The molecule has 0 bridgehead atoms. The van der Waals surface area contributed by atoms with E-state index < -0.39 is 0 Å². The Morgan fingerprint density at radius 3 is 2.69 bits per heavy atom. The lowest BCUT2D eigenvalue weighted by Crippen LogP contribution is -2.44. The highest BCUT2D eigenvalue weighted by Gasteiger charge is 2.18. The normalized spacial score (nSPS) is 16.5. The van der Waals surface area contributed by atoms with Crippen molar-refractivity contribution in [2.45, 2.75) is 32.7 Å². The third-order valence-electron chi connectivity index (χ3n) is 7.08. The predicted molar refractivity (Wildman–Crippen MR) is 142 cm³/mol. The number of likely N-dealkylation sites (N-methyl/N-ethyl adjacent to an activating group) is 1. The molecule has 1 N–H and O–H groups in total. The van der Waals surface area contributed by atoms with E-state index in [1.807, 2.05) is 23.1 Å². The van der Waals surface area contributed by atoms with E-state index in [4.69, 9.17) is 4.98 Å². The van der Waals surface area contributed by atoms with Crippen molar-refractivity contribution in [2.24, 2.45) is 0 Å². The van der Waals surface area contributed by atoms with Crippen molar-refractivity contribution in [1.29, 1.82) is 0 Å². The molecule has 1 aromatic carbocycles. The number of nitrogens with one attached hydrogen (secondary N) is 1. The maximum absolute atomic E-state index is 4.91. The van der Waals surface area contributed by atoms with E-state index in [1.54, 1.807) is 0 Å². The van der Waals surface area contributed by atoms with Crippen LogP contribution in [0.5, 0.6) is 0 Å². The number of hydrogen-bond acceptors (Lipinski definition) is 8. The lowest BCUT2D eigenvalue weighted by Gasteiger charge is -2.33. The summed E-state index contributed by atoms with van der Waals surface area (Å²) in [5.41, 5.74) is 7.35. The van der Waals surface area contributed by atoms with Crippen LogP contribution in [0.2, 0.25) is 0 Å². The number of nitrogens with zero attached hydrogens (tertiary/aromatic N) is 8. The van der Waals surface area contributed by atoms with Gasteiger partial charge in [-0.2, -0.15) is 0 Å². The van der Waals surface area contributed by atoms with Crippen LogP contribution in [0, 0.1) is 0 Å². The monoisotopic (exact) mass is 481 g/mol. The number of allylic oxidation sites excluding steroid dienone is 1. The topological polar surface area (TPSA) is 87.9 Å². The van der Waals surface area contributed by atoms with Gasteiger partial charge < -0.3 is 15.1 Å². The molecule has 9 nitrogen and oxygen atoms in total. The van der Waals surface area contributed by atoms with Crippen LogP contribution in [0.3, 0.4) is 0 Å². The fourth-order valence-electron chi connectivity index (χ4n) is 4.97. The highest BCUT2D eigenvalue weighted by molar-refractivity contribution is 5.86. The van der Waals surface area contributed by atoms with E-state index in [2.05, 4.69) is 79.7 Å². The van der Waals surface area contributed by atoms with Crippen molar-refractivity contribution in [3.8, 4) is 0 Å². The molecule has 184 valence electrons. The zero-order valence-corrected chi connectivity index (χ0v) is 20.9. The highest BCUT2D eigenvalue weighted by Crippen LogP contribution is 2.32. The first kappa shape index (κ1) is 22.6. The molecule has 3 aromatic heterocycles. The summed E-state index contributed by atoms with van der Waals surface area (Å²) >= 11 is 0. The van der Waals surface area contributed by atoms with Gasteiger partial charge in [-0.1, -0.05) is 17.4 Å². The minimum Gasteiger partial charge on any atom is -0.354 e. The van der Waals surface area contributed by atoms with Gasteiger partial charge in [0.15, 0.2) is 0 Å². The Bertz CT molecular complexity index is 1400. The number of rotatable bonds is 5.